The van der Waals surface area contributed by atoms with Gasteiger partial charge in [0.25, 0.3) is 0 Å². The van der Waals surface area contributed by atoms with Crippen LogP contribution in [0.15, 0.2) is 11.4 Å². The summed E-state index contributed by atoms with van der Waals surface area (Å²) in [6.07, 6.45) is 2.59. The van der Waals surface area contributed by atoms with Crippen LogP contribution in [0.25, 0.3) is 0 Å². The van der Waals surface area contributed by atoms with Crippen LogP contribution in [-0.4, -0.2) is 26.9 Å². The zero-order valence-corrected chi connectivity index (χ0v) is 9.94. The van der Waals surface area contributed by atoms with Gasteiger partial charge in [-0.2, -0.15) is 5.10 Å². The van der Waals surface area contributed by atoms with Gasteiger partial charge in [0.2, 0.25) is 0 Å². The van der Waals surface area contributed by atoms with Crippen LogP contribution in [0.4, 0.5) is 0 Å². The lowest BCUT2D eigenvalue weighted by atomic mass is 10.2. The SMILES string of the molecule is CCC(NCc1cnn(C)c1C)C(N)=NO. The molecule has 16 heavy (non-hydrogen) atoms. The monoisotopic (exact) mass is 225 g/mol. The molecule has 1 atom stereocenters. The highest BCUT2D eigenvalue weighted by atomic mass is 16.4. The highest BCUT2D eigenvalue weighted by Crippen LogP contribution is 2.05. The van der Waals surface area contributed by atoms with Crippen molar-refractivity contribution in [2.45, 2.75) is 32.9 Å². The van der Waals surface area contributed by atoms with Crippen LogP contribution in [0.1, 0.15) is 24.6 Å². The summed E-state index contributed by atoms with van der Waals surface area (Å²) < 4.78 is 1.82. The molecule has 0 spiro atoms. The third-order valence-corrected chi connectivity index (χ3v) is 2.76. The molecule has 0 aliphatic rings. The second-order valence-electron chi connectivity index (χ2n) is 3.75. The molecule has 0 bridgehead atoms. The van der Waals surface area contributed by atoms with Crippen molar-refractivity contribution < 1.29 is 5.21 Å². The summed E-state index contributed by atoms with van der Waals surface area (Å²) in [5.41, 5.74) is 7.78. The number of nitrogens with zero attached hydrogens (tertiary/aromatic N) is 3. The first-order valence-corrected chi connectivity index (χ1v) is 5.28. The number of amidine groups is 1. The zero-order valence-electron chi connectivity index (χ0n) is 9.94. The van der Waals surface area contributed by atoms with Crippen LogP contribution >= 0.6 is 0 Å². The molecule has 1 unspecified atom stereocenters. The lowest BCUT2D eigenvalue weighted by molar-refractivity contribution is 0.314. The maximum atomic E-state index is 8.60. The van der Waals surface area contributed by atoms with Crippen molar-refractivity contribution in [3.05, 3.63) is 17.5 Å². The van der Waals surface area contributed by atoms with Gasteiger partial charge in [0.15, 0.2) is 5.84 Å². The van der Waals surface area contributed by atoms with E-state index in [0.717, 1.165) is 17.7 Å². The largest absolute Gasteiger partial charge is 0.409 e. The van der Waals surface area contributed by atoms with E-state index in [9.17, 15) is 0 Å². The summed E-state index contributed by atoms with van der Waals surface area (Å²) >= 11 is 0. The third-order valence-electron chi connectivity index (χ3n) is 2.76. The van der Waals surface area contributed by atoms with E-state index < -0.39 is 0 Å². The molecule has 4 N–H and O–H groups in total. The zero-order chi connectivity index (χ0) is 12.1. The Bertz CT molecular complexity index is 371. The number of aromatic nitrogens is 2. The Balaban J connectivity index is 2.60. The number of hydrogen-bond acceptors (Lipinski definition) is 4. The summed E-state index contributed by atoms with van der Waals surface area (Å²) in [5, 5.41) is 19.0. The van der Waals surface area contributed by atoms with Gasteiger partial charge in [-0.3, -0.25) is 4.68 Å². The van der Waals surface area contributed by atoms with E-state index in [0.29, 0.717) is 6.54 Å². The molecule has 0 saturated heterocycles. The van der Waals surface area contributed by atoms with Gasteiger partial charge in [0.05, 0.1) is 12.2 Å². The van der Waals surface area contributed by atoms with Gasteiger partial charge in [0, 0.05) is 24.8 Å². The summed E-state index contributed by atoms with van der Waals surface area (Å²) in [7, 11) is 1.90. The molecule has 0 fully saturated rings. The van der Waals surface area contributed by atoms with Gasteiger partial charge >= 0.3 is 0 Å². The van der Waals surface area contributed by atoms with Gasteiger partial charge in [-0.1, -0.05) is 12.1 Å². The number of rotatable bonds is 5. The van der Waals surface area contributed by atoms with Gasteiger partial charge in [-0.05, 0) is 13.3 Å². The van der Waals surface area contributed by atoms with E-state index in [1.54, 1.807) is 0 Å². The quantitative estimate of drug-likeness (QED) is 0.292. The van der Waals surface area contributed by atoms with Crippen molar-refractivity contribution in [2.75, 3.05) is 0 Å². The van der Waals surface area contributed by atoms with E-state index in [1.165, 1.54) is 0 Å². The fraction of sp³-hybridized carbons (Fsp3) is 0.600. The second-order valence-corrected chi connectivity index (χ2v) is 3.75. The highest BCUT2D eigenvalue weighted by molar-refractivity contribution is 5.85. The maximum absolute atomic E-state index is 8.60. The first kappa shape index (κ1) is 12.5. The number of hydrogen-bond donors (Lipinski definition) is 3. The minimum absolute atomic E-state index is 0.107. The number of aryl methyl sites for hydroxylation is 1. The van der Waals surface area contributed by atoms with Crippen LogP contribution in [0.5, 0.6) is 0 Å². The molecule has 6 heteroatoms. The Morgan fingerprint density at radius 3 is 2.88 bits per heavy atom. The van der Waals surface area contributed by atoms with Gasteiger partial charge in [-0.15, -0.1) is 0 Å². The third kappa shape index (κ3) is 2.73. The first-order chi connectivity index (χ1) is 7.60. The van der Waals surface area contributed by atoms with Gasteiger partial charge < -0.3 is 16.3 Å². The molecular formula is C10H19N5O. The first-order valence-electron chi connectivity index (χ1n) is 5.28. The number of nitrogens with two attached hydrogens (primary N) is 1. The Kier molecular flexibility index (Phi) is 4.30. The number of nitrogens with one attached hydrogen (secondary N) is 1. The van der Waals surface area contributed by atoms with Crippen molar-refractivity contribution in [2.24, 2.45) is 17.9 Å². The van der Waals surface area contributed by atoms with Crippen LogP contribution in [0, 0.1) is 6.92 Å². The highest BCUT2D eigenvalue weighted by Gasteiger charge is 2.12. The molecule has 1 heterocycles. The number of oxime groups is 1. The van der Waals surface area contributed by atoms with Crippen LogP contribution in [0.2, 0.25) is 0 Å². The summed E-state index contributed by atoms with van der Waals surface area (Å²) in [6.45, 7) is 4.65. The molecule has 90 valence electrons. The maximum Gasteiger partial charge on any atom is 0.156 e. The topological polar surface area (TPSA) is 88.5 Å². The van der Waals surface area contributed by atoms with E-state index in [1.807, 2.05) is 31.8 Å². The summed E-state index contributed by atoms with van der Waals surface area (Å²) in [4.78, 5) is 0. The lowest BCUT2D eigenvalue weighted by Crippen LogP contribution is -2.40. The molecular weight excluding hydrogens is 206 g/mol. The van der Waals surface area contributed by atoms with Crippen molar-refractivity contribution in [3.8, 4) is 0 Å². The average Bonchev–Trinajstić information content (AvgIpc) is 2.61. The molecule has 0 aliphatic heterocycles. The predicted molar refractivity (Wildman–Crippen MR) is 62.3 cm³/mol. The van der Waals surface area contributed by atoms with Gasteiger partial charge in [-0.25, -0.2) is 0 Å². The molecule has 0 radical (unpaired) electrons. The molecule has 6 nitrogen and oxygen atoms in total. The summed E-state index contributed by atoms with van der Waals surface area (Å²) in [6, 6.07) is -0.107. The molecule has 0 aliphatic carbocycles. The molecule has 0 aromatic carbocycles. The molecule has 1 rings (SSSR count). The van der Waals surface area contributed by atoms with Crippen LogP contribution in [-0.2, 0) is 13.6 Å². The molecule has 1 aromatic rings. The molecule has 0 amide bonds. The van der Waals surface area contributed by atoms with Crippen LogP contribution in [0.3, 0.4) is 0 Å². The van der Waals surface area contributed by atoms with Crippen molar-refractivity contribution in [3.63, 3.8) is 0 Å². The van der Waals surface area contributed by atoms with Crippen LogP contribution < -0.4 is 11.1 Å². The van der Waals surface area contributed by atoms with E-state index in [4.69, 9.17) is 10.9 Å². The van der Waals surface area contributed by atoms with E-state index >= 15 is 0 Å². The normalized spacial score (nSPS) is 14.1. The lowest BCUT2D eigenvalue weighted by Gasteiger charge is -2.14. The standard InChI is InChI=1S/C10H19N5O/c1-4-9(10(11)14-16)12-5-8-6-13-15(3)7(8)2/h6,9,12,16H,4-5H2,1-3H3,(H2,11,14). The van der Waals surface area contributed by atoms with Crippen molar-refractivity contribution in [1.29, 1.82) is 0 Å². The Hall–Kier alpha value is -1.56. The minimum Gasteiger partial charge on any atom is -0.409 e. The Labute approximate surface area is 95.1 Å². The molecule has 0 saturated carbocycles. The van der Waals surface area contributed by atoms with Crippen molar-refractivity contribution in [1.82, 2.24) is 15.1 Å². The fourth-order valence-corrected chi connectivity index (χ4v) is 1.48. The Morgan fingerprint density at radius 1 is 1.75 bits per heavy atom. The Morgan fingerprint density at radius 2 is 2.44 bits per heavy atom. The average molecular weight is 225 g/mol. The smallest absolute Gasteiger partial charge is 0.156 e. The fourth-order valence-electron chi connectivity index (χ4n) is 1.48. The summed E-state index contributed by atoms with van der Waals surface area (Å²) in [5.74, 6) is 0.212. The van der Waals surface area contributed by atoms with E-state index in [2.05, 4.69) is 15.6 Å². The second kappa shape index (κ2) is 5.50. The van der Waals surface area contributed by atoms with Gasteiger partial charge in [0.1, 0.15) is 0 Å². The minimum atomic E-state index is -0.107. The predicted octanol–water partition coefficient (Wildman–Crippen LogP) is 0.343. The van der Waals surface area contributed by atoms with E-state index in [-0.39, 0.29) is 11.9 Å². The van der Waals surface area contributed by atoms with Crippen molar-refractivity contribution >= 4 is 5.84 Å². The molecule has 1 aromatic heterocycles.